The number of halogens is 1. The van der Waals surface area contributed by atoms with E-state index in [9.17, 15) is 9.18 Å². The molecule has 0 aliphatic carbocycles. The van der Waals surface area contributed by atoms with E-state index < -0.39 is 0 Å². The molecule has 1 atom stereocenters. The van der Waals surface area contributed by atoms with Gasteiger partial charge in [-0.1, -0.05) is 18.2 Å². The molecule has 0 spiro atoms. The summed E-state index contributed by atoms with van der Waals surface area (Å²) in [5.41, 5.74) is 0.394. The molecule has 1 N–H and O–H groups in total. The highest BCUT2D eigenvalue weighted by Gasteiger charge is 2.26. The molecule has 2 rings (SSSR count). The van der Waals surface area contributed by atoms with Crippen LogP contribution >= 0.6 is 0 Å². The lowest BCUT2D eigenvalue weighted by atomic mass is 10.2. The molecule has 0 saturated carbocycles. The number of aliphatic hydroxyl groups is 1. The average molecular weight is 249 g/mol. The number of nitrogens with zero attached hydrogens (tertiary/aromatic N) is 1. The fourth-order valence-corrected chi connectivity index (χ4v) is 2.18. The van der Waals surface area contributed by atoms with Crippen LogP contribution in [0.4, 0.5) is 4.39 Å². The van der Waals surface area contributed by atoms with Gasteiger partial charge in [-0.2, -0.15) is 0 Å². The van der Waals surface area contributed by atoms with Crippen LogP contribution in [0.5, 0.6) is 0 Å². The fraction of sp³-hybridized carbons (Fsp3) is 0.357. The summed E-state index contributed by atoms with van der Waals surface area (Å²) < 4.78 is 13.3. The molecule has 1 aliphatic rings. The molecular formula is C14H16FNO2. The van der Waals surface area contributed by atoms with Gasteiger partial charge in [0.25, 0.3) is 0 Å². The SMILES string of the molecule is O=C(C=Cc1ccccc1F)N1CCC[C@@H]1CO. The highest BCUT2D eigenvalue weighted by atomic mass is 19.1. The molecule has 1 aliphatic heterocycles. The van der Waals surface area contributed by atoms with Crippen molar-refractivity contribution in [3.63, 3.8) is 0 Å². The van der Waals surface area contributed by atoms with Gasteiger partial charge < -0.3 is 10.0 Å². The van der Waals surface area contributed by atoms with Crippen LogP contribution in [0.2, 0.25) is 0 Å². The van der Waals surface area contributed by atoms with Crippen molar-refractivity contribution >= 4 is 12.0 Å². The van der Waals surface area contributed by atoms with Gasteiger partial charge in [0, 0.05) is 18.2 Å². The molecule has 1 saturated heterocycles. The lowest BCUT2D eigenvalue weighted by Gasteiger charge is -2.21. The third-order valence-electron chi connectivity index (χ3n) is 3.18. The average Bonchev–Trinajstić information content (AvgIpc) is 2.86. The maximum Gasteiger partial charge on any atom is 0.246 e. The van der Waals surface area contributed by atoms with Crippen LogP contribution < -0.4 is 0 Å². The summed E-state index contributed by atoms with van der Waals surface area (Å²) in [6.45, 7) is 0.644. The molecule has 3 nitrogen and oxygen atoms in total. The molecule has 0 radical (unpaired) electrons. The Balaban J connectivity index is 2.05. The Hall–Kier alpha value is -1.68. The highest BCUT2D eigenvalue weighted by Crippen LogP contribution is 2.17. The second kappa shape index (κ2) is 5.78. The first-order valence-corrected chi connectivity index (χ1v) is 6.06. The smallest absolute Gasteiger partial charge is 0.246 e. The number of amides is 1. The van der Waals surface area contributed by atoms with E-state index in [0.29, 0.717) is 12.1 Å². The van der Waals surface area contributed by atoms with Crippen molar-refractivity contribution in [2.24, 2.45) is 0 Å². The van der Waals surface area contributed by atoms with Crippen LogP contribution in [-0.4, -0.2) is 35.1 Å². The van der Waals surface area contributed by atoms with Gasteiger partial charge in [0.2, 0.25) is 5.91 Å². The van der Waals surface area contributed by atoms with E-state index in [-0.39, 0.29) is 24.4 Å². The minimum absolute atomic E-state index is 0.0146. The van der Waals surface area contributed by atoms with E-state index in [1.54, 1.807) is 23.1 Å². The Labute approximate surface area is 106 Å². The van der Waals surface area contributed by atoms with Gasteiger partial charge in [-0.15, -0.1) is 0 Å². The molecule has 1 aromatic rings. The summed E-state index contributed by atoms with van der Waals surface area (Å²) in [6, 6.07) is 6.21. The van der Waals surface area contributed by atoms with Gasteiger partial charge in [-0.05, 0) is 25.0 Å². The minimum Gasteiger partial charge on any atom is -0.394 e. The van der Waals surface area contributed by atoms with Crippen LogP contribution in [0.3, 0.4) is 0 Å². The summed E-state index contributed by atoms with van der Waals surface area (Å²) >= 11 is 0. The summed E-state index contributed by atoms with van der Waals surface area (Å²) in [5, 5.41) is 9.14. The predicted molar refractivity (Wildman–Crippen MR) is 67.3 cm³/mol. The van der Waals surface area contributed by atoms with E-state index >= 15 is 0 Å². The zero-order valence-corrected chi connectivity index (χ0v) is 10.1. The number of benzene rings is 1. The van der Waals surface area contributed by atoms with Crippen LogP contribution in [0.25, 0.3) is 6.08 Å². The zero-order valence-electron chi connectivity index (χ0n) is 10.1. The summed E-state index contributed by atoms with van der Waals surface area (Å²) in [4.78, 5) is 13.5. The fourth-order valence-electron chi connectivity index (χ4n) is 2.18. The van der Waals surface area contributed by atoms with Crippen molar-refractivity contribution in [3.05, 3.63) is 41.7 Å². The van der Waals surface area contributed by atoms with E-state index in [1.165, 1.54) is 18.2 Å². The topological polar surface area (TPSA) is 40.5 Å². The Kier molecular flexibility index (Phi) is 4.10. The van der Waals surface area contributed by atoms with E-state index in [0.717, 1.165) is 12.8 Å². The number of carbonyl (C=O) groups is 1. The Bertz CT molecular complexity index is 459. The van der Waals surface area contributed by atoms with Crippen LogP contribution in [0, 0.1) is 5.82 Å². The molecule has 1 fully saturated rings. The van der Waals surface area contributed by atoms with Crippen molar-refractivity contribution < 1.29 is 14.3 Å². The number of hydrogen-bond acceptors (Lipinski definition) is 2. The minimum atomic E-state index is -0.346. The molecule has 0 aromatic heterocycles. The van der Waals surface area contributed by atoms with Crippen LogP contribution in [0.1, 0.15) is 18.4 Å². The van der Waals surface area contributed by atoms with Gasteiger partial charge in [0.15, 0.2) is 0 Å². The predicted octanol–water partition coefficient (Wildman–Crippen LogP) is 1.82. The first-order valence-electron chi connectivity index (χ1n) is 6.06. The number of aliphatic hydroxyl groups excluding tert-OH is 1. The Morgan fingerprint density at radius 1 is 1.50 bits per heavy atom. The molecule has 1 amide bonds. The van der Waals surface area contributed by atoms with Crippen LogP contribution in [0.15, 0.2) is 30.3 Å². The lowest BCUT2D eigenvalue weighted by molar-refractivity contribution is -0.127. The second-order valence-corrected chi connectivity index (χ2v) is 4.37. The van der Waals surface area contributed by atoms with Gasteiger partial charge in [0.05, 0.1) is 12.6 Å². The van der Waals surface area contributed by atoms with Crippen molar-refractivity contribution in [2.45, 2.75) is 18.9 Å². The largest absolute Gasteiger partial charge is 0.394 e. The maximum atomic E-state index is 13.3. The van der Waals surface area contributed by atoms with Gasteiger partial charge >= 0.3 is 0 Å². The molecule has 1 aromatic carbocycles. The van der Waals surface area contributed by atoms with Crippen LogP contribution in [-0.2, 0) is 4.79 Å². The van der Waals surface area contributed by atoms with Crippen molar-refractivity contribution in [1.29, 1.82) is 0 Å². The number of hydrogen-bond donors (Lipinski definition) is 1. The van der Waals surface area contributed by atoms with Crippen molar-refractivity contribution in [1.82, 2.24) is 4.90 Å². The third kappa shape index (κ3) is 2.76. The number of rotatable bonds is 3. The molecule has 4 heteroatoms. The first-order chi connectivity index (χ1) is 8.72. The van der Waals surface area contributed by atoms with Gasteiger partial charge in [-0.25, -0.2) is 4.39 Å². The number of carbonyl (C=O) groups excluding carboxylic acids is 1. The molecular weight excluding hydrogens is 233 g/mol. The summed E-state index contributed by atoms with van der Waals surface area (Å²) in [5.74, 6) is -0.517. The van der Waals surface area contributed by atoms with Gasteiger partial charge in [-0.3, -0.25) is 4.79 Å². The third-order valence-corrected chi connectivity index (χ3v) is 3.18. The monoisotopic (exact) mass is 249 g/mol. The van der Waals surface area contributed by atoms with E-state index in [4.69, 9.17) is 5.11 Å². The molecule has 1 heterocycles. The van der Waals surface area contributed by atoms with Crippen molar-refractivity contribution in [2.75, 3.05) is 13.2 Å². The summed E-state index contributed by atoms with van der Waals surface area (Å²) in [7, 11) is 0. The molecule has 96 valence electrons. The molecule has 0 unspecified atom stereocenters. The standard InChI is InChI=1S/C14H16FNO2/c15-13-6-2-1-4-11(13)7-8-14(18)16-9-3-5-12(16)10-17/h1-2,4,6-8,12,17H,3,5,9-10H2/t12-/m1/s1. The summed E-state index contributed by atoms with van der Waals surface area (Å²) in [6.07, 6.45) is 4.58. The second-order valence-electron chi connectivity index (χ2n) is 4.37. The van der Waals surface area contributed by atoms with E-state index in [2.05, 4.69) is 0 Å². The van der Waals surface area contributed by atoms with Crippen molar-refractivity contribution in [3.8, 4) is 0 Å². The van der Waals surface area contributed by atoms with E-state index in [1.807, 2.05) is 0 Å². The quantitative estimate of drug-likeness (QED) is 0.830. The Morgan fingerprint density at radius 3 is 3.00 bits per heavy atom. The molecule has 0 bridgehead atoms. The Morgan fingerprint density at radius 2 is 2.28 bits per heavy atom. The maximum absolute atomic E-state index is 13.3. The number of likely N-dealkylation sites (tertiary alicyclic amines) is 1. The molecule has 18 heavy (non-hydrogen) atoms. The van der Waals surface area contributed by atoms with Gasteiger partial charge in [0.1, 0.15) is 5.82 Å². The lowest BCUT2D eigenvalue weighted by Crippen LogP contribution is -2.36. The zero-order chi connectivity index (χ0) is 13.0. The normalized spacial score (nSPS) is 19.7. The first kappa shape index (κ1) is 12.8. The highest BCUT2D eigenvalue weighted by molar-refractivity contribution is 5.92.